The highest BCUT2D eigenvalue weighted by Gasteiger charge is 2.14. The van der Waals surface area contributed by atoms with Gasteiger partial charge in [-0.1, -0.05) is 30.0 Å². The predicted octanol–water partition coefficient (Wildman–Crippen LogP) is 5.17. The number of aromatic nitrogens is 3. The van der Waals surface area contributed by atoms with Gasteiger partial charge in [0.15, 0.2) is 5.16 Å². The fourth-order valence-electron chi connectivity index (χ4n) is 2.81. The van der Waals surface area contributed by atoms with E-state index in [0.29, 0.717) is 29.7 Å². The summed E-state index contributed by atoms with van der Waals surface area (Å²) < 4.78 is 20.4. The summed E-state index contributed by atoms with van der Waals surface area (Å²) in [6.45, 7) is 6.89. The Morgan fingerprint density at radius 3 is 2.59 bits per heavy atom. The van der Waals surface area contributed by atoms with Crippen LogP contribution in [0, 0.1) is 5.82 Å². The van der Waals surface area contributed by atoms with Gasteiger partial charge in [-0.25, -0.2) is 4.39 Å². The number of thioether (sulfide) groups is 2. The number of allylic oxidation sites excluding steroid dienone is 1. The molecule has 1 heterocycles. The fraction of sp³-hybridized carbons (Fsp3) is 0.261. The molecule has 0 atom stereocenters. The minimum absolute atomic E-state index is 0.125. The zero-order chi connectivity index (χ0) is 22.8. The Bertz CT molecular complexity index is 1020. The van der Waals surface area contributed by atoms with Crippen molar-refractivity contribution in [3.63, 3.8) is 0 Å². The molecule has 0 unspecified atom stereocenters. The third kappa shape index (κ3) is 7.13. The molecule has 1 aromatic heterocycles. The summed E-state index contributed by atoms with van der Waals surface area (Å²) in [5.74, 6) is 2.82. The van der Waals surface area contributed by atoms with Crippen molar-refractivity contribution in [3.05, 3.63) is 78.4 Å². The van der Waals surface area contributed by atoms with Crippen molar-refractivity contribution in [2.45, 2.75) is 30.1 Å². The molecular weight excluding hydrogens is 447 g/mol. The number of rotatable bonds is 12. The highest BCUT2D eigenvalue weighted by molar-refractivity contribution is 7.99. The Kier molecular flexibility index (Phi) is 9.18. The Morgan fingerprint density at radius 2 is 1.91 bits per heavy atom. The molecule has 0 radical (unpaired) electrons. The number of carbonyl (C=O) groups is 1. The Hall–Kier alpha value is -2.78. The van der Waals surface area contributed by atoms with E-state index in [9.17, 15) is 9.18 Å². The molecule has 0 aliphatic carbocycles. The predicted molar refractivity (Wildman–Crippen MR) is 129 cm³/mol. The van der Waals surface area contributed by atoms with E-state index >= 15 is 0 Å². The second-order valence-electron chi connectivity index (χ2n) is 6.71. The van der Waals surface area contributed by atoms with Crippen molar-refractivity contribution in [3.8, 4) is 5.75 Å². The third-order valence-electron chi connectivity index (χ3n) is 4.30. The molecule has 6 nitrogen and oxygen atoms in total. The van der Waals surface area contributed by atoms with Crippen LogP contribution in [-0.2, 0) is 22.8 Å². The van der Waals surface area contributed by atoms with E-state index < -0.39 is 0 Å². The third-order valence-corrected chi connectivity index (χ3v) is 6.27. The SMILES string of the molecule is C=CCn1c(CSCc2ccc(F)cc2)nnc1SCC(=O)Nc1ccc(OCC)cc1. The lowest BCUT2D eigenvalue weighted by Crippen LogP contribution is -2.14. The molecule has 0 fully saturated rings. The van der Waals surface area contributed by atoms with Crippen LogP contribution in [0.15, 0.2) is 66.3 Å². The molecule has 2 aromatic carbocycles. The summed E-state index contributed by atoms with van der Waals surface area (Å²) in [5, 5.41) is 12.1. The lowest BCUT2D eigenvalue weighted by molar-refractivity contribution is -0.113. The monoisotopic (exact) mass is 472 g/mol. The molecule has 0 aliphatic heterocycles. The number of nitrogens with one attached hydrogen (secondary N) is 1. The summed E-state index contributed by atoms with van der Waals surface area (Å²) in [6, 6.07) is 13.7. The first-order chi connectivity index (χ1) is 15.6. The Labute approximate surface area is 195 Å². The molecule has 32 heavy (non-hydrogen) atoms. The molecule has 1 N–H and O–H groups in total. The van der Waals surface area contributed by atoms with E-state index in [1.54, 1.807) is 30.0 Å². The lowest BCUT2D eigenvalue weighted by atomic mass is 10.2. The maximum absolute atomic E-state index is 13.0. The summed E-state index contributed by atoms with van der Waals surface area (Å²) in [7, 11) is 0. The standard InChI is InChI=1S/C23H25FN4O2S2/c1-3-13-28-21(15-31-14-17-5-7-18(24)8-6-17)26-27-23(28)32-16-22(29)25-19-9-11-20(12-10-19)30-4-2/h3,5-12H,1,4,13-16H2,2H3,(H,25,29). The highest BCUT2D eigenvalue weighted by Crippen LogP contribution is 2.23. The number of benzene rings is 2. The molecule has 3 rings (SSSR count). The van der Waals surface area contributed by atoms with Gasteiger partial charge in [-0.15, -0.1) is 28.5 Å². The Balaban J connectivity index is 1.52. The second kappa shape index (κ2) is 12.3. The molecule has 0 bridgehead atoms. The van der Waals surface area contributed by atoms with Crippen molar-refractivity contribution in [2.24, 2.45) is 0 Å². The van der Waals surface area contributed by atoms with Crippen LogP contribution >= 0.6 is 23.5 Å². The topological polar surface area (TPSA) is 69.0 Å². The van der Waals surface area contributed by atoms with Gasteiger partial charge in [0.25, 0.3) is 0 Å². The first-order valence-corrected chi connectivity index (χ1v) is 12.2. The number of amides is 1. The van der Waals surface area contributed by atoms with Gasteiger partial charge in [-0.3, -0.25) is 4.79 Å². The second-order valence-corrected chi connectivity index (χ2v) is 8.64. The summed E-state index contributed by atoms with van der Waals surface area (Å²) in [6.07, 6.45) is 1.78. The van der Waals surface area contributed by atoms with Gasteiger partial charge < -0.3 is 14.6 Å². The van der Waals surface area contributed by atoms with Gasteiger partial charge in [-0.2, -0.15) is 0 Å². The van der Waals surface area contributed by atoms with Gasteiger partial charge in [0, 0.05) is 18.0 Å². The van der Waals surface area contributed by atoms with Gasteiger partial charge in [0.1, 0.15) is 17.4 Å². The molecule has 0 saturated heterocycles. The zero-order valence-electron chi connectivity index (χ0n) is 17.8. The van der Waals surface area contributed by atoms with E-state index in [1.807, 2.05) is 35.8 Å². The van der Waals surface area contributed by atoms with Crippen LogP contribution in [0.4, 0.5) is 10.1 Å². The van der Waals surface area contributed by atoms with E-state index in [-0.39, 0.29) is 17.5 Å². The minimum atomic E-state index is -0.238. The molecule has 3 aromatic rings. The van der Waals surface area contributed by atoms with Gasteiger partial charge >= 0.3 is 0 Å². The van der Waals surface area contributed by atoms with Crippen LogP contribution in [0.1, 0.15) is 18.3 Å². The van der Waals surface area contributed by atoms with Gasteiger partial charge in [-0.05, 0) is 48.9 Å². The number of ether oxygens (including phenoxy) is 1. The molecule has 9 heteroatoms. The summed E-state index contributed by atoms with van der Waals surface area (Å²) >= 11 is 3.00. The normalized spacial score (nSPS) is 10.7. The van der Waals surface area contributed by atoms with Gasteiger partial charge in [0.05, 0.1) is 18.1 Å². The number of nitrogens with zero attached hydrogens (tertiary/aromatic N) is 3. The molecule has 168 valence electrons. The summed E-state index contributed by atoms with van der Waals surface area (Å²) in [5.41, 5.74) is 1.76. The van der Waals surface area contributed by atoms with Crippen molar-refractivity contribution >= 4 is 35.1 Å². The number of anilines is 1. The number of carbonyl (C=O) groups excluding carboxylic acids is 1. The average molecular weight is 473 g/mol. The molecule has 1 amide bonds. The van der Waals surface area contributed by atoms with Crippen LogP contribution in [0.2, 0.25) is 0 Å². The van der Waals surface area contributed by atoms with E-state index in [4.69, 9.17) is 4.74 Å². The highest BCUT2D eigenvalue weighted by atomic mass is 32.2. The summed E-state index contributed by atoms with van der Waals surface area (Å²) in [4.78, 5) is 12.4. The molecule has 0 spiro atoms. The molecule has 0 aliphatic rings. The van der Waals surface area contributed by atoms with Crippen molar-refractivity contribution < 1.29 is 13.9 Å². The van der Waals surface area contributed by atoms with E-state index in [2.05, 4.69) is 22.1 Å². The number of hydrogen-bond donors (Lipinski definition) is 1. The van der Waals surface area contributed by atoms with Crippen molar-refractivity contribution in [1.29, 1.82) is 0 Å². The zero-order valence-corrected chi connectivity index (χ0v) is 19.4. The van der Waals surface area contributed by atoms with Crippen LogP contribution < -0.4 is 10.1 Å². The van der Waals surface area contributed by atoms with Gasteiger partial charge in [0.2, 0.25) is 5.91 Å². The smallest absolute Gasteiger partial charge is 0.234 e. The van der Waals surface area contributed by atoms with E-state index in [1.165, 1.54) is 23.9 Å². The van der Waals surface area contributed by atoms with Crippen LogP contribution in [0.25, 0.3) is 0 Å². The van der Waals surface area contributed by atoms with Crippen molar-refractivity contribution in [2.75, 3.05) is 17.7 Å². The van der Waals surface area contributed by atoms with Crippen LogP contribution in [-0.4, -0.2) is 33.0 Å². The Morgan fingerprint density at radius 1 is 1.16 bits per heavy atom. The average Bonchev–Trinajstić information content (AvgIpc) is 3.17. The van der Waals surface area contributed by atoms with Crippen LogP contribution in [0.5, 0.6) is 5.75 Å². The first kappa shape index (κ1) is 23.9. The quantitative estimate of drug-likeness (QED) is 0.290. The molecule has 0 saturated carbocycles. The van der Waals surface area contributed by atoms with Crippen LogP contribution in [0.3, 0.4) is 0 Å². The maximum Gasteiger partial charge on any atom is 0.234 e. The fourth-order valence-corrected chi connectivity index (χ4v) is 4.51. The minimum Gasteiger partial charge on any atom is -0.494 e. The number of hydrogen-bond acceptors (Lipinski definition) is 6. The molecular formula is C23H25FN4O2S2. The van der Waals surface area contributed by atoms with Crippen molar-refractivity contribution in [1.82, 2.24) is 14.8 Å². The lowest BCUT2D eigenvalue weighted by Gasteiger charge is -2.09. The first-order valence-electron chi connectivity index (χ1n) is 10.1. The largest absolute Gasteiger partial charge is 0.494 e. The number of halogens is 1. The van der Waals surface area contributed by atoms with E-state index in [0.717, 1.165) is 22.9 Å². The maximum atomic E-state index is 13.0.